The van der Waals surface area contributed by atoms with Crippen molar-refractivity contribution in [1.29, 1.82) is 0 Å². The standard InChI is InChI=1S/C15H24N2O/c1-12(2)11-13-5-7-14(8-6-13)15(18)16-9-10-17(3)4/h5-8,12H,9-11H2,1-4H3,(H,16,18). The Morgan fingerprint density at radius 1 is 1.22 bits per heavy atom. The van der Waals surface area contributed by atoms with Crippen LogP contribution in [0, 0.1) is 5.92 Å². The molecule has 0 atom stereocenters. The highest BCUT2D eigenvalue weighted by Gasteiger charge is 2.05. The van der Waals surface area contributed by atoms with Crippen molar-refractivity contribution in [3.05, 3.63) is 35.4 Å². The van der Waals surface area contributed by atoms with Crippen molar-refractivity contribution in [2.75, 3.05) is 27.2 Å². The van der Waals surface area contributed by atoms with E-state index in [1.54, 1.807) is 0 Å². The van der Waals surface area contributed by atoms with Crippen LogP contribution in [0.1, 0.15) is 29.8 Å². The van der Waals surface area contributed by atoms with Gasteiger partial charge in [0.15, 0.2) is 0 Å². The van der Waals surface area contributed by atoms with Gasteiger partial charge in [0, 0.05) is 18.7 Å². The van der Waals surface area contributed by atoms with Crippen LogP contribution in [0.4, 0.5) is 0 Å². The van der Waals surface area contributed by atoms with Crippen LogP contribution in [0.15, 0.2) is 24.3 Å². The molecule has 0 aromatic heterocycles. The SMILES string of the molecule is CC(C)Cc1ccc(C(=O)NCCN(C)C)cc1. The number of likely N-dealkylation sites (N-methyl/N-ethyl adjacent to an activating group) is 1. The molecule has 0 fully saturated rings. The van der Waals surface area contributed by atoms with Gasteiger partial charge in [-0.2, -0.15) is 0 Å². The van der Waals surface area contributed by atoms with Crippen molar-refractivity contribution in [2.45, 2.75) is 20.3 Å². The molecule has 18 heavy (non-hydrogen) atoms. The van der Waals surface area contributed by atoms with Gasteiger partial charge in [0.1, 0.15) is 0 Å². The normalized spacial score (nSPS) is 11.0. The minimum Gasteiger partial charge on any atom is -0.351 e. The molecule has 1 aromatic carbocycles. The summed E-state index contributed by atoms with van der Waals surface area (Å²) in [5.41, 5.74) is 2.02. The summed E-state index contributed by atoms with van der Waals surface area (Å²) in [4.78, 5) is 13.9. The average molecular weight is 248 g/mol. The van der Waals surface area contributed by atoms with Gasteiger partial charge in [-0.15, -0.1) is 0 Å². The first kappa shape index (κ1) is 14.7. The van der Waals surface area contributed by atoms with E-state index in [-0.39, 0.29) is 5.91 Å². The van der Waals surface area contributed by atoms with Crippen LogP contribution in [0.3, 0.4) is 0 Å². The molecule has 100 valence electrons. The van der Waals surface area contributed by atoms with Crippen molar-refractivity contribution >= 4 is 5.91 Å². The Kier molecular flexibility index (Phi) is 5.86. The largest absolute Gasteiger partial charge is 0.351 e. The number of amides is 1. The number of hydrogen-bond donors (Lipinski definition) is 1. The van der Waals surface area contributed by atoms with Gasteiger partial charge in [-0.25, -0.2) is 0 Å². The third-order valence-corrected chi connectivity index (χ3v) is 2.70. The molecule has 0 saturated carbocycles. The minimum atomic E-state index is 0.00736. The number of benzene rings is 1. The summed E-state index contributed by atoms with van der Waals surface area (Å²) in [6.07, 6.45) is 1.06. The summed E-state index contributed by atoms with van der Waals surface area (Å²) < 4.78 is 0. The van der Waals surface area contributed by atoms with Crippen molar-refractivity contribution in [2.24, 2.45) is 5.92 Å². The van der Waals surface area contributed by atoms with Crippen LogP contribution in [0.25, 0.3) is 0 Å². The number of carbonyl (C=O) groups is 1. The molecule has 0 aliphatic heterocycles. The maximum Gasteiger partial charge on any atom is 0.251 e. The lowest BCUT2D eigenvalue weighted by molar-refractivity contribution is 0.0951. The van der Waals surface area contributed by atoms with E-state index in [1.165, 1.54) is 5.56 Å². The van der Waals surface area contributed by atoms with Crippen molar-refractivity contribution in [3.63, 3.8) is 0 Å². The fourth-order valence-corrected chi connectivity index (χ4v) is 1.76. The highest BCUT2D eigenvalue weighted by Crippen LogP contribution is 2.09. The van der Waals surface area contributed by atoms with Crippen LogP contribution in [-0.2, 0) is 6.42 Å². The first-order valence-corrected chi connectivity index (χ1v) is 6.51. The summed E-state index contributed by atoms with van der Waals surface area (Å²) in [5, 5.41) is 2.91. The topological polar surface area (TPSA) is 32.3 Å². The molecule has 1 aromatic rings. The molecule has 3 heteroatoms. The predicted octanol–water partition coefficient (Wildman–Crippen LogP) is 2.18. The Bertz CT molecular complexity index is 369. The Morgan fingerprint density at radius 3 is 2.33 bits per heavy atom. The molecular formula is C15H24N2O. The summed E-state index contributed by atoms with van der Waals surface area (Å²) in [6, 6.07) is 7.90. The van der Waals surface area contributed by atoms with E-state index in [4.69, 9.17) is 0 Å². The van der Waals surface area contributed by atoms with Gasteiger partial charge >= 0.3 is 0 Å². The van der Waals surface area contributed by atoms with E-state index in [1.807, 2.05) is 43.3 Å². The maximum absolute atomic E-state index is 11.8. The van der Waals surface area contributed by atoms with Gasteiger partial charge in [-0.05, 0) is 44.1 Å². The zero-order valence-corrected chi connectivity index (χ0v) is 11.9. The Hall–Kier alpha value is -1.35. The fraction of sp³-hybridized carbons (Fsp3) is 0.533. The summed E-state index contributed by atoms with van der Waals surface area (Å²) >= 11 is 0. The van der Waals surface area contributed by atoms with Crippen molar-refractivity contribution < 1.29 is 4.79 Å². The van der Waals surface area contributed by atoms with Crippen LogP contribution < -0.4 is 5.32 Å². The lowest BCUT2D eigenvalue weighted by Gasteiger charge is -2.11. The minimum absolute atomic E-state index is 0.00736. The van der Waals surface area contributed by atoms with E-state index >= 15 is 0 Å². The highest BCUT2D eigenvalue weighted by atomic mass is 16.1. The zero-order chi connectivity index (χ0) is 13.5. The summed E-state index contributed by atoms with van der Waals surface area (Å²) in [7, 11) is 3.99. The smallest absolute Gasteiger partial charge is 0.251 e. The van der Waals surface area contributed by atoms with Gasteiger partial charge < -0.3 is 10.2 Å². The van der Waals surface area contributed by atoms with E-state index in [0.29, 0.717) is 12.5 Å². The molecule has 0 saturated heterocycles. The first-order chi connectivity index (χ1) is 8.49. The predicted molar refractivity (Wildman–Crippen MR) is 75.9 cm³/mol. The van der Waals surface area contributed by atoms with Crippen LogP contribution >= 0.6 is 0 Å². The number of carbonyl (C=O) groups excluding carboxylic acids is 1. The van der Waals surface area contributed by atoms with Gasteiger partial charge in [-0.1, -0.05) is 26.0 Å². The maximum atomic E-state index is 11.8. The lowest BCUT2D eigenvalue weighted by atomic mass is 10.0. The first-order valence-electron chi connectivity index (χ1n) is 6.51. The van der Waals surface area contributed by atoms with Crippen LogP contribution in [-0.4, -0.2) is 38.0 Å². The molecular weight excluding hydrogens is 224 g/mol. The molecule has 0 bridgehead atoms. The molecule has 0 aliphatic carbocycles. The van der Waals surface area contributed by atoms with Crippen LogP contribution in [0.2, 0.25) is 0 Å². The average Bonchev–Trinajstić information content (AvgIpc) is 2.28. The summed E-state index contributed by atoms with van der Waals surface area (Å²) in [6.45, 7) is 5.93. The number of nitrogens with zero attached hydrogens (tertiary/aromatic N) is 1. The zero-order valence-electron chi connectivity index (χ0n) is 11.9. The van der Waals surface area contributed by atoms with Gasteiger partial charge in [0.05, 0.1) is 0 Å². The molecule has 1 rings (SSSR count). The second-order valence-corrected chi connectivity index (χ2v) is 5.35. The molecule has 0 radical (unpaired) electrons. The van der Waals surface area contributed by atoms with Crippen molar-refractivity contribution in [3.8, 4) is 0 Å². The monoisotopic (exact) mass is 248 g/mol. The van der Waals surface area contributed by atoms with Gasteiger partial charge in [0.2, 0.25) is 0 Å². The lowest BCUT2D eigenvalue weighted by Crippen LogP contribution is -2.31. The second kappa shape index (κ2) is 7.17. The van der Waals surface area contributed by atoms with Gasteiger partial charge in [-0.3, -0.25) is 4.79 Å². The van der Waals surface area contributed by atoms with Crippen molar-refractivity contribution in [1.82, 2.24) is 10.2 Å². The van der Waals surface area contributed by atoms with E-state index in [0.717, 1.165) is 18.5 Å². The van der Waals surface area contributed by atoms with E-state index in [9.17, 15) is 4.79 Å². The quantitative estimate of drug-likeness (QED) is 0.837. The summed E-state index contributed by atoms with van der Waals surface area (Å²) in [5.74, 6) is 0.651. The Balaban J connectivity index is 2.48. The third kappa shape index (κ3) is 5.32. The molecule has 1 amide bonds. The van der Waals surface area contributed by atoms with E-state index in [2.05, 4.69) is 19.2 Å². The Labute approximate surface area is 110 Å². The number of rotatable bonds is 6. The van der Waals surface area contributed by atoms with E-state index < -0.39 is 0 Å². The van der Waals surface area contributed by atoms with Gasteiger partial charge in [0.25, 0.3) is 5.91 Å². The molecule has 0 heterocycles. The fourth-order valence-electron chi connectivity index (χ4n) is 1.76. The molecule has 3 nitrogen and oxygen atoms in total. The highest BCUT2D eigenvalue weighted by molar-refractivity contribution is 5.94. The Morgan fingerprint density at radius 2 is 1.83 bits per heavy atom. The van der Waals surface area contributed by atoms with Crippen LogP contribution in [0.5, 0.6) is 0 Å². The molecule has 1 N–H and O–H groups in total. The molecule has 0 aliphatic rings. The molecule has 0 spiro atoms. The second-order valence-electron chi connectivity index (χ2n) is 5.35. The number of nitrogens with one attached hydrogen (secondary N) is 1. The number of hydrogen-bond acceptors (Lipinski definition) is 2. The molecule has 0 unspecified atom stereocenters. The third-order valence-electron chi connectivity index (χ3n) is 2.70.